The van der Waals surface area contributed by atoms with Gasteiger partial charge in [-0.2, -0.15) is 0 Å². The third-order valence-electron chi connectivity index (χ3n) is 3.63. The van der Waals surface area contributed by atoms with Crippen LogP contribution in [0.1, 0.15) is 27.2 Å². The summed E-state index contributed by atoms with van der Waals surface area (Å²) < 4.78 is 5.22. The van der Waals surface area contributed by atoms with Gasteiger partial charge in [0.05, 0.1) is 6.61 Å². The lowest BCUT2D eigenvalue weighted by atomic mass is 9.77. The number of hydrogen-bond acceptors (Lipinski definition) is 2. The molecule has 0 radical (unpaired) electrons. The summed E-state index contributed by atoms with van der Waals surface area (Å²) in [5.41, 5.74) is 1.57. The summed E-state index contributed by atoms with van der Waals surface area (Å²) in [5.74, 6) is 0.786. The molecule has 0 aromatic carbocycles. The first-order chi connectivity index (χ1) is 7.52. The standard InChI is InChI=1S/C14H24O2/c1-11(9-15)5-6-12-7-8-13(10-16-4)14(12,2)3/h5-6,8,11-12,15H,7,9-10H2,1-4H3/b6-5+. The molecular weight excluding hydrogens is 200 g/mol. The Balaban J connectivity index is 2.63. The third kappa shape index (κ3) is 2.96. The Bertz CT molecular complexity index is 276. The normalized spacial score (nSPS) is 26.1. The van der Waals surface area contributed by atoms with E-state index in [1.54, 1.807) is 7.11 Å². The van der Waals surface area contributed by atoms with Crippen molar-refractivity contribution >= 4 is 0 Å². The van der Waals surface area contributed by atoms with Gasteiger partial charge in [-0.15, -0.1) is 0 Å². The fraction of sp³-hybridized carbons (Fsp3) is 0.714. The van der Waals surface area contributed by atoms with E-state index in [0.717, 1.165) is 13.0 Å². The van der Waals surface area contributed by atoms with Gasteiger partial charge >= 0.3 is 0 Å². The molecule has 0 aromatic heterocycles. The van der Waals surface area contributed by atoms with Crippen LogP contribution in [0.25, 0.3) is 0 Å². The second-order valence-electron chi connectivity index (χ2n) is 5.27. The Morgan fingerprint density at radius 2 is 2.31 bits per heavy atom. The first-order valence-corrected chi connectivity index (χ1v) is 6.00. The maximum absolute atomic E-state index is 8.99. The van der Waals surface area contributed by atoms with Gasteiger partial charge < -0.3 is 9.84 Å². The van der Waals surface area contributed by atoms with Crippen LogP contribution in [0.5, 0.6) is 0 Å². The second-order valence-corrected chi connectivity index (χ2v) is 5.27. The van der Waals surface area contributed by atoms with Crippen molar-refractivity contribution in [3.05, 3.63) is 23.8 Å². The number of allylic oxidation sites excluding steroid dienone is 2. The number of aliphatic hydroxyl groups excluding tert-OH is 1. The monoisotopic (exact) mass is 224 g/mol. The molecule has 0 heterocycles. The fourth-order valence-electron chi connectivity index (χ4n) is 2.17. The summed E-state index contributed by atoms with van der Waals surface area (Å²) in [5, 5.41) is 8.99. The van der Waals surface area contributed by atoms with Gasteiger partial charge in [-0.1, -0.05) is 39.0 Å². The lowest BCUT2D eigenvalue weighted by Crippen LogP contribution is -2.22. The summed E-state index contributed by atoms with van der Waals surface area (Å²) in [4.78, 5) is 0. The lowest BCUT2D eigenvalue weighted by molar-refractivity contribution is 0.198. The minimum absolute atomic E-state index is 0.182. The Morgan fingerprint density at radius 3 is 2.88 bits per heavy atom. The first kappa shape index (κ1) is 13.5. The molecule has 1 N–H and O–H groups in total. The van der Waals surface area contributed by atoms with E-state index in [1.165, 1.54) is 5.57 Å². The summed E-state index contributed by atoms with van der Waals surface area (Å²) in [6, 6.07) is 0. The van der Waals surface area contributed by atoms with E-state index in [-0.39, 0.29) is 17.9 Å². The van der Waals surface area contributed by atoms with E-state index in [2.05, 4.69) is 32.1 Å². The van der Waals surface area contributed by atoms with Gasteiger partial charge in [-0.3, -0.25) is 0 Å². The van der Waals surface area contributed by atoms with Crippen LogP contribution in [0, 0.1) is 17.3 Å². The van der Waals surface area contributed by atoms with E-state index >= 15 is 0 Å². The second kappa shape index (κ2) is 5.65. The quantitative estimate of drug-likeness (QED) is 0.728. The summed E-state index contributed by atoms with van der Waals surface area (Å²) in [6.07, 6.45) is 7.75. The van der Waals surface area contributed by atoms with E-state index in [1.807, 2.05) is 6.92 Å². The number of rotatable bonds is 5. The molecule has 0 aliphatic heterocycles. The van der Waals surface area contributed by atoms with Crippen molar-refractivity contribution in [2.75, 3.05) is 20.3 Å². The molecule has 0 aromatic rings. The predicted octanol–water partition coefficient (Wildman–Crippen LogP) is 2.79. The van der Waals surface area contributed by atoms with Gasteiger partial charge in [-0.25, -0.2) is 0 Å². The molecular formula is C14H24O2. The van der Waals surface area contributed by atoms with E-state index in [4.69, 9.17) is 9.84 Å². The summed E-state index contributed by atoms with van der Waals surface area (Å²) >= 11 is 0. The molecule has 2 heteroatoms. The van der Waals surface area contributed by atoms with Crippen LogP contribution in [0.15, 0.2) is 23.8 Å². The average molecular weight is 224 g/mol. The van der Waals surface area contributed by atoms with Crippen molar-refractivity contribution in [3.8, 4) is 0 Å². The zero-order valence-corrected chi connectivity index (χ0v) is 10.9. The zero-order valence-electron chi connectivity index (χ0n) is 10.9. The highest BCUT2D eigenvalue weighted by molar-refractivity contribution is 5.24. The van der Waals surface area contributed by atoms with E-state index in [9.17, 15) is 0 Å². The molecule has 0 spiro atoms. The Morgan fingerprint density at radius 1 is 1.62 bits per heavy atom. The molecule has 0 saturated heterocycles. The summed E-state index contributed by atoms with van der Waals surface area (Å²) in [7, 11) is 1.74. The SMILES string of the molecule is COCC1=CCC(/C=C/C(C)CO)C1(C)C. The predicted molar refractivity (Wildman–Crippen MR) is 67.2 cm³/mol. The minimum Gasteiger partial charge on any atom is -0.396 e. The highest BCUT2D eigenvalue weighted by Crippen LogP contribution is 2.44. The molecule has 2 atom stereocenters. The van der Waals surface area contributed by atoms with Crippen molar-refractivity contribution in [1.29, 1.82) is 0 Å². The molecule has 16 heavy (non-hydrogen) atoms. The van der Waals surface area contributed by atoms with Crippen LogP contribution < -0.4 is 0 Å². The zero-order chi connectivity index (χ0) is 12.2. The van der Waals surface area contributed by atoms with Crippen LogP contribution in [0.4, 0.5) is 0 Å². The molecule has 0 saturated carbocycles. The molecule has 1 aliphatic carbocycles. The van der Waals surface area contributed by atoms with Crippen molar-refractivity contribution in [2.24, 2.45) is 17.3 Å². The topological polar surface area (TPSA) is 29.5 Å². The highest BCUT2D eigenvalue weighted by atomic mass is 16.5. The van der Waals surface area contributed by atoms with Crippen molar-refractivity contribution in [3.63, 3.8) is 0 Å². The molecule has 0 fully saturated rings. The lowest BCUT2D eigenvalue weighted by Gasteiger charge is -2.29. The van der Waals surface area contributed by atoms with E-state index in [0.29, 0.717) is 5.92 Å². The van der Waals surface area contributed by atoms with Crippen LogP contribution in [-0.2, 0) is 4.74 Å². The number of hydrogen-bond donors (Lipinski definition) is 1. The maximum Gasteiger partial charge on any atom is 0.0678 e. The van der Waals surface area contributed by atoms with Gasteiger partial charge in [0.1, 0.15) is 0 Å². The first-order valence-electron chi connectivity index (χ1n) is 6.00. The molecule has 0 bridgehead atoms. The third-order valence-corrected chi connectivity index (χ3v) is 3.63. The van der Waals surface area contributed by atoms with Gasteiger partial charge in [0.15, 0.2) is 0 Å². The van der Waals surface area contributed by atoms with Crippen molar-refractivity contribution in [2.45, 2.75) is 27.2 Å². The number of methoxy groups -OCH3 is 1. The van der Waals surface area contributed by atoms with Crippen LogP contribution in [-0.4, -0.2) is 25.4 Å². The average Bonchev–Trinajstić information content (AvgIpc) is 2.52. The van der Waals surface area contributed by atoms with Gasteiger partial charge in [0.2, 0.25) is 0 Å². The number of aliphatic hydroxyl groups is 1. The molecule has 92 valence electrons. The number of ether oxygens (including phenoxy) is 1. The summed E-state index contributed by atoms with van der Waals surface area (Å²) in [6.45, 7) is 7.52. The molecule has 2 unspecified atom stereocenters. The minimum atomic E-state index is 0.182. The Kier molecular flexibility index (Phi) is 4.75. The highest BCUT2D eigenvalue weighted by Gasteiger charge is 2.35. The largest absolute Gasteiger partial charge is 0.396 e. The van der Waals surface area contributed by atoms with Crippen LogP contribution in [0.2, 0.25) is 0 Å². The smallest absolute Gasteiger partial charge is 0.0678 e. The van der Waals surface area contributed by atoms with Crippen LogP contribution in [0.3, 0.4) is 0 Å². The van der Waals surface area contributed by atoms with Crippen LogP contribution >= 0.6 is 0 Å². The maximum atomic E-state index is 8.99. The van der Waals surface area contributed by atoms with Gasteiger partial charge in [0.25, 0.3) is 0 Å². The fourth-order valence-corrected chi connectivity index (χ4v) is 2.17. The molecule has 1 aliphatic rings. The van der Waals surface area contributed by atoms with E-state index < -0.39 is 0 Å². The molecule has 0 amide bonds. The molecule has 2 nitrogen and oxygen atoms in total. The Labute approximate surface area is 99.0 Å². The Hall–Kier alpha value is -0.600. The van der Waals surface area contributed by atoms with Crippen molar-refractivity contribution < 1.29 is 9.84 Å². The van der Waals surface area contributed by atoms with Crippen molar-refractivity contribution in [1.82, 2.24) is 0 Å². The van der Waals surface area contributed by atoms with Gasteiger partial charge in [0, 0.05) is 13.7 Å². The molecule has 1 rings (SSSR count). The van der Waals surface area contributed by atoms with Gasteiger partial charge in [-0.05, 0) is 29.2 Å².